The maximum absolute atomic E-state index is 13.8. The number of rotatable bonds is 6. The zero-order valence-corrected chi connectivity index (χ0v) is 20.7. The van der Waals surface area contributed by atoms with E-state index in [0.717, 1.165) is 42.0 Å². The Balaban J connectivity index is 1.53. The molecule has 0 bridgehead atoms. The number of amides is 1. The summed E-state index contributed by atoms with van der Waals surface area (Å²) in [6.45, 7) is 4.03. The van der Waals surface area contributed by atoms with Gasteiger partial charge in [0.15, 0.2) is 0 Å². The number of anilines is 3. The first-order valence-electron chi connectivity index (χ1n) is 12.5. The maximum Gasteiger partial charge on any atom is 0.259 e. The molecule has 2 saturated heterocycles. The molecule has 6 rings (SSSR count). The molecule has 188 valence electrons. The van der Waals surface area contributed by atoms with E-state index in [0.29, 0.717) is 49.3 Å². The van der Waals surface area contributed by atoms with Crippen molar-refractivity contribution in [1.29, 1.82) is 0 Å². The second-order valence-corrected chi connectivity index (χ2v) is 9.16. The minimum Gasteiger partial charge on any atom is -0.378 e. The van der Waals surface area contributed by atoms with Crippen LogP contribution >= 0.6 is 0 Å². The van der Waals surface area contributed by atoms with Crippen LogP contribution < -0.4 is 10.2 Å². The number of aromatic nitrogens is 5. The number of pyridine rings is 1. The van der Waals surface area contributed by atoms with E-state index in [1.54, 1.807) is 17.1 Å². The Morgan fingerprint density at radius 1 is 0.973 bits per heavy atom. The minimum absolute atomic E-state index is 0.0745. The summed E-state index contributed by atoms with van der Waals surface area (Å²) in [5.74, 6) is 0.977. The van der Waals surface area contributed by atoms with Crippen molar-refractivity contribution in [3.05, 3.63) is 66.6 Å². The highest BCUT2D eigenvalue weighted by molar-refractivity contribution is 6.05. The molecule has 1 amide bonds. The highest BCUT2D eigenvalue weighted by atomic mass is 16.5. The van der Waals surface area contributed by atoms with E-state index in [1.165, 1.54) is 0 Å². The quantitative estimate of drug-likeness (QED) is 0.434. The molecule has 0 radical (unpaired) electrons. The molecule has 0 spiro atoms. The number of hydrogen-bond donors (Lipinski definition) is 1. The molecule has 0 unspecified atom stereocenters. The molecule has 0 aliphatic carbocycles. The Kier molecular flexibility index (Phi) is 6.23. The molecule has 2 aliphatic rings. The molecule has 5 heterocycles. The number of likely N-dealkylation sites (tertiary alicyclic amines) is 1. The summed E-state index contributed by atoms with van der Waals surface area (Å²) in [6.07, 6.45) is 6.33. The lowest BCUT2D eigenvalue weighted by Crippen LogP contribution is -2.43. The lowest BCUT2D eigenvalue weighted by molar-refractivity contribution is 0.0653. The number of aryl methyl sites for hydroxylation is 1. The molecule has 2 fully saturated rings. The van der Waals surface area contributed by atoms with Crippen LogP contribution in [0.5, 0.6) is 0 Å². The molecule has 37 heavy (non-hydrogen) atoms. The first-order chi connectivity index (χ1) is 18.2. The Labute approximate surface area is 214 Å². The molecular formula is C27H28N8O2. The third-order valence-electron chi connectivity index (χ3n) is 6.64. The average molecular weight is 497 g/mol. The third-order valence-corrected chi connectivity index (χ3v) is 6.64. The van der Waals surface area contributed by atoms with E-state index in [-0.39, 0.29) is 5.91 Å². The molecule has 0 saturated carbocycles. The first kappa shape index (κ1) is 23.1. The van der Waals surface area contributed by atoms with E-state index in [2.05, 4.69) is 20.3 Å². The van der Waals surface area contributed by atoms with Crippen molar-refractivity contribution in [3.8, 4) is 22.5 Å². The molecule has 0 atom stereocenters. The van der Waals surface area contributed by atoms with E-state index in [4.69, 9.17) is 14.7 Å². The van der Waals surface area contributed by atoms with E-state index in [1.807, 2.05) is 60.6 Å². The van der Waals surface area contributed by atoms with Gasteiger partial charge in [-0.05, 0) is 30.7 Å². The summed E-state index contributed by atoms with van der Waals surface area (Å²) in [7, 11) is 1.90. The summed E-state index contributed by atoms with van der Waals surface area (Å²) in [5, 5.41) is 7.94. The van der Waals surface area contributed by atoms with Gasteiger partial charge in [-0.15, -0.1) is 0 Å². The number of carbonyl (C=O) groups excluding carboxylic acids is 1. The molecule has 2 aliphatic heterocycles. The predicted molar refractivity (Wildman–Crippen MR) is 141 cm³/mol. The van der Waals surface area contributed by atoms with Gasteiger partial charge in [-0.25, -0.2) is 4.98 Å². The fourth-order valence-corrected chi connectivity index (χ4v) is 4.50. The Hall–Kier alpha value is -4.31. The van der Waals surface area contributed by atoms with Crippen LogP contribution in [0.4, 0.5) is 17.5 Å². The Morgan fingerprint density at radius 3 is 2.46 bits per heavy atom. The summed E-state index contributed by atoms with van der Waals surface area (Å²) in [6, 6.07) is 13.7. The number of carbonyl (C=O) groups is 1. The minimum atomic E-state index is -0.0745. The zero-order valence-electron chi connectivity index (χ0n) is 20.7. The highest BCUT2D eigenvalue weighted by Gasteiger charge is 2.30. The number of nitrogens with zero attached hydrogens (tertiary/aromatic N) is 7. The number of hydrogen-bond acceptors (Lipinski definition) is 8. The van der Waals surface area contributed by atoms with Gasteiger partial charge in [0.1, 0.15) is 11.4 Å². The van der Waals surface area contributed by atoms with Gasteiger partial charge in [-0.1, -0.05) is 18.2 Å². The van der Waals surface area contributed by atoms with Crippen LogP contribution in [0.25, 0.3) is 22.5 Å². The molecule has 4 aromatic rings. The molecular weight excluding hydrogens is 468 g/mol. The van der Waals surface area contributed by atoms with Crippen LogP contribution in [0, 0.1) is 0 Å². The van der Waals surface area contributed by atoms with Crippen molar-refractivity contribution in [2.75, 3.05) is 49.6 Å². The van der Waals surface area contributed by atoms with E-state index < -0.39 is 0 Å². The van der Waals surface area contributed by atoms with Crippen molar-refractivity contribution in [2.45, 2.75) is 6.42 Å². The van der Waals surface area contributed by atoms with E-state index in [9.17, 15) is 4.79 Å². The normalized spacial score (nSPS) is 15.4. The summed E-state index contributed by atoms with van der Waals surface area (Å²) in [5.41, 5.74) is 4.51. The fraction of sp³-hybridized carbons (Fsp3) is 0.296. The predicted octanol–water partition coefficient (Wildman–Crippen LogP) is 3.37. The second kappa shape index (κ2) is 9.98. The molecule has 1 N–H and O–H groups in total. The molecule has 3 aromatic heterocycles. The Morgan fingerprint density at radius 2 is 1.76 bits per heavy atom. The van der Waals surface area contributed by atoms with Gasteiger partial charge < -0.3 is 19.9 Å². The molecule has 10 heteroatoms. The van der Waals surface area contributed by atoms with Crippen molar-refractivity contribution >= 4 is 23.4 Å². The summed E-state index contributed by atoms with van der Waals surface area (Å²) < 4.78 is 7.33. The standard InChI is InChI=1S/C27H28N8O2/c1-33-13-8-22(32-33)19-4-2-5-20(18-19)24-23(26(36)34-11-3-12-34)25(29-21-6-9-28-10-7-21)31-27(30-24)35-14-16-37-17-15-35/h2,4-10,13,18H,3,11-12,14-17H2,1H3,(H,28,29,30,31). The summed E-state index contributed by atoms with van der Waals surface area (Å²) in [4.78, 5) is 31.8. The number of ether oxygens (including phenoxy) is 1. The van der Waals surface area contributed by atoms with Gasteiger partial charge in [-0.3, -0.25) is 14.5 Å². The fourth-order valence-electron chi connectivity index (χ4n) is 4.50. The van der Waals surface area contributed by atoms with Crippen LogP contribution in [0.15, 0.2) is 61.1 Å². The monoisotopic (exact) mass is 496 g/mol. The highest BCUT2D eigenvalue weighted by Crippen LogP contribution is 2.34. The van der Waals surface area contributed by atoms with Gasteiger partial charge in [0, 0.05) is 68.6 Å². The Bertz CT molecular complexity index is 1410. The summed E-state index contributed by atoms with van der Waals surface area (Å²) >= 11 is 0. The van der Waals surface area contributed by atoms with Crippen molar-refractivity contribution in [1.82, 2.24) is 29.6 Å². The topological polar surface area (TPSA) is 101 Å². The van der Waals surface area contributed by atoms with Crippen molar-refractivity contribution < 1.29 is 9.53 Å². The van der Waals surface area contributed by atoms with Gasteiger partial charge in [0.2, 0.25) is 5.95 Å². The second-order valence-electron chi connectivity index (χ2n) is 9.16. The lowest BCUT2D eigenvalue weighted by atomic mass is 10.0. The largest absolute Gasteiger partial charge is 0.378 e. The molecule has 1 aromatic carbocycles. The van der Waals surface area contributed by atoms with E-state index >= 15 is 0 Å². The zero-order chi connectivity index (χ0) is 25.2. The van der Waals surface area contributed by atoms with Crippen LogP contribution in [-0.4, -0.2) is 74.9 Å². The average Bonchev–Trinajstić information content (AvgIpc) is 3.35. The van der Waals surface area contributed by atoms with Crippen LogP contribution in [0.2, 0.25) is 0 Å². The van der Waals surface area contributed by atoms with Crippen molar-refractivity contribution in [2.24, 2.45) is 7.05 Å². The van der Waals surface area contributed by atoms with Gasteiger partial charge in [0.05, 0.1) is 24.6 Å². The first-order valence-corrected chi connectivity index (χ1v) is 12.5. The van der Waals surface area contributed by atoms with Crippen molar-refractivity contribution in [3.63, 3.8) is 0 Å². The lowest BCUT2D eigenvalue weighted by Gasteiger charge is -2.33. The van der Waals surface area contributed by atoms with Crippen LogP contribution in [-0.2, 0) is 11.8 Å². The number of morpholine rings is 1. The number of benzene rings is 1. The molecule has 10 nitrogen and oxygen atoms in total. The van der Waals surface area contributed by atoms with Gasteiger partial charge in [-0.2, -0.15) is 10.1 Å². The van der Waals surface area contributed by atoms with Crippen LogP contribution in [0.1, 0.15) is 16.8 Å². The van der Waals surface area contributed by atoms with Crippen LogP contribution in [0.3, 0.4) is 0 Å². The SMILES string of the molecule is Cn1ccc(-c2cccc(-c3nc(N4CCOCC4)nc(Nc4ccncc4)c3C(=O)N3CCC3)c2)n1. The maximum atomic E-state index is 13.8. The third kappa shape index (κ3) is 4.75. The van der Waals surface area contributed by atoms with Gasteiger partial charge >= 0.3 is 0 Å². The van der Waals surface area contributed by atoms with Gasteiger partial charge in [0.25, 0.3) is 5.91 Å². The number of nitrogens with one attached hydrogen (secondary N) is 1. The smallest absolute Gasteiger partial charge is 0.259 e.